The van der Waals surface area contributed by atoms with Gasteiger partial charge in [-0.3, -0.25) is 9.59 Å². The van der Waals surface area contributed by atoms with E-state index in [1.165, 1.54) is 12.1 Å². The Morgan fingerprint density at radius 2 is 1.93 bits per heavy atom. The fourth-order valence-electron chi connectivity index (χ4n) is 4.69. The number of carbonyl (C=O) groups excluding carboxylic acids is 2. The number of piperidine rings is 1. The van der Waals surface area contributed by atoms with Crippen molar-refractivity contribution in [3.05, 3.63) is 47.5 Å². The first kappa shape index (κ1) is 19.6. The molecule has 1 N–H and O–H groups in total. The topological polar surface area (TPSA) is 75.4 Å². The number of amides is 2. The highest BCUT2D eigenvalue weighted by molar-refractivity contribution is 5.92. The number of benzene rings is 1. The van der Waals surface area contributed by atoms with E-state index in [-0.39, 0.29) is 23.5 Å². The third-order valence-electron chi connectivity index (χ3n) is 6.28. The first-order chi connectivity index (χ1) is 14.0. The lowest BCUT2D eigenvalue weighted by Gasteiger charge is -2.38. The van der Waals surface area contributed by atoms with Crippen LogP contribution in [-0.4, -0.2) is 35.0 Å². The minimum absolute atomic E-state index is 0.0755. The van der Waals surface area contributed by atoms with Crippen LogP contribution < -0.4 is 5.32 Å². The van der Waals surface area contributed by atoms with Crippen molar-refractivity contribution in [1.29, 1.82) is 0 Å². The SMILES string of the molecule is Cc1cc(NC(=O)C2CCN(C(=O)C3(c4cccc(F)c4)CCCC3)CC2)no1. The fourth-order valence-corrected chi connectivity index (χ4v) is 4.69. The molecule has 7 heteroatoms. The molecule has 0 radical (unpaired) electrons. The smallest absolute Gasteiger partial charge is 0.233 e. The number of rotatable bonds is 4. The minimum Gasteiger partial charge on any atom is -0.360 e. The summed E-state index contributed by atoms with van der Waals surface area (Å²) in [6, 6.07) is 8.15. The summed E-state index contributed by atoms with van der Waals surface area (Å²) >= 11 is 0. The van der Waals surface area contributed by atoms with E-state index in [1.807, 2.05) is 11.0 Å². The third-order valence-corrected chi connectivity index (χ3v) is 6.28. The molecule has 2 amide bonds. The molecule has 0 atom stereocenters. The second-order valence-electron chi connectivity index (χ2n) is 8.18. The normalized spacial score (nSPS) is 19.3. The molecule has 1 saturated heterocycles. The molecule has 2 fully saturated rings. The standard InChI is InChI=1S/C22H26FN3O3/c1-15-13-19(25-29-15)24-20(27)16-7-11-26(12-8-16)21(28)22(9-2-3-10-22)17-5-4-6-18(23)14-17/h4-6,13-14,16H,2-3,7-12H2,1H3,(H,24,25,27). The van der Waals surface area contributed by atoms with Gasteiger partial charge in [-0.2, -0.15) is 0 Å². The maximum absolute atomic E-state index is 13.8. The van der Waals surface area contributed by atoms with Gasteiger partial charge in [0.05, 0.1) is 5.41 Å². The Kier molecular flexibility index (Phi) is 5.39. The van der Waals surface area contributed by atoms with Crippen LogP contribution in [0.2, 0.25) is 0 Å². The van der Waals surface area contributed by atoms with Crippen LogP contribution in [0, 0.1) is 18.7 Å². The van der Waals surface area contributed by atoms with E-state index in [9.17, 15) is 14.0 Å². The van der Waals surface area contributed by atoms with E-state index in [1.54, 1.807) is 19.1 Å². The highest BCUT2D eigenvalue weighted by Gasteiger charge is 2.45. The van der Waals surface area contributed by atoms with Gasteiger partial charge in [-0.25, -0.2) is 4.39 Å². The van der Waals surface area contributed by atoms with E-state index in [0.29, 0.717) is 37.5 Å². The summed E-state index contributed by atoms with van der Waals surface area (Å²) in [5.74, 6) is 0.574. The average Bonchev–Trinajstić information content (AvgIpc) is 3.37. The molecule has 2 aliphatic rings. The Labute approximate surface area is 169 Å². The molecule has 0 bridgehead atoms. The summed E-state index contributed by atoms with van der Waals surface area (Å²) in [4.78, 5) is 27.8. The van der Waals surface area contributed by atoms with Gasteiger partial charge in [-0.15, -0.1) is 0 Å². The molecule has 2 heterocycles. The quantitative estimate of drug-likeness (QED) is 0.848. The van der Waals surface area contributed by atoms with Crippen LogP contribution in [0.25, 0.3) is 0 Å². The molecule has 1 aromatic heterocycles. The zero-order valence-electron chi connectivity index (χ0n) is 16.6. The largest absolute Gasteiger partial charge is 0.360 e. The van der Waals surface area contributed by atoms with Crippen LogP contribution in [0.15, 0.2) is 34.9 Å². The maximum atomic E-state index is 13.8. The Hall–Kier alpha value is -2.70. The van der Waals surface area contributed by atoms with E-state index in [0.717, 1.165) is 31.2 Å². The lowest BCUT2D eigenvalue weighted by atomic mass is 9.77. The number of halogens is 1. The van der Waals surface area contributed by atoms with Gasteiger partial charge in [0.1, 0.15) is 11.6 Å². The molecule has 0 unspecified atom stereocenters. The van der Waals surface area contributed by atoms with Crippen LogP contribution in [-0.2, 0) is 15.0 Å². The minimum atomic E-state index is -0.630. The zero-order chi connectivity index (χ0) is 20.4. The number of hydrogen-bond acceptors (Lipinski definition) is 4. The van der Waals surface area contributed by atoms with Gasteiger partial charge in [0.2, 0.25) is 11.8 Å². The Morgan fingerprint density at radius 3 is 2.55 bits per heavy atom. The molecule has 154 valence electrons. The number of likely N-dealkylation sites (tertiary alicyclic amines) is 1. The monoisotopic (exact) mass is 399 g/mol. The van der Waals surface area contributed by atoms with Crippen molar-refractivity contribution < 1.29 is 18.5 Å². The molecule has 2 aromatic rings. The first-order valence-electron chi connectivity index (χ1n) is 10.3. The van der Waals surface area contributed by atoms with E-state index >= 15 is 0 Å². The number of aromatic nitrogens is 1. The molecule has 4 rings (SSSR count). The van der Waals surface area contributed by atoms with Gasteiger partial charge >= 0.3 is 0 Å². The second kappa shape index (κ2) is 7.97. The van der Waals surface area contributed by atoms with Gasteiger partial charge in [0.15, 0.2) is 5.82 Å². The van der Waals surface area contributed by atoms with Gasteiger partial charge in [-0.1, -0.05) is 30.1 Å². The Morgan fingerprint density at radius 1 is 1.21 bits per heavy atom. The van der Waals surface area contributed by atoms with Crippen LogP contribution in [0.4, 0.5) is 10.2 Å². The summed E-state index contributed by atoms with van der Waals surface area (Å²) in [6.45, 7) is 2.84. The summed E-state index contributed by atoms with van der Waals surface area (Å²) in [6.07, 6.45) is 4.65. The third kappa shape index (κ3) is 3.91. The number of carbonyl (C=O) groups is 2. The van der Waals surface area contributed by atoms with Crippen molar-refractivity contribution in [3.63, 3.8) is 0 Å². The van der Waals surface area contributed by atoms with Gasteiger partial charge < -0.3 is 14.7 Å². The predicted octanol–water partition coefficient (Wildman–Crippen LogP) is 3.81. The van der Waals surface area contributed by atoms with Crippen LogP contribution in [0.1, 0.15) is 49.8 Å². The van der Waals surface area contributed by atoms with Crippen molar-refractivity contribution in [3.8, 4) is 0 Å². The van der Waals surface area contributed by atoms with Crippen LogP contribution in [0.5, 0.6) is 0 Å². The van der Waals surface area contributed by atoms with Crippen LogP contribution in [0.3, 0.4) is 0 Å². The lowest BCUT2D eigenvalue weighted by molar-refractivity contribution is -0.140. The van der Waals surface area contributed by atoms with Crippen LogP contribution >= 0.6 is 0 Å². The maximum Gasteiger partial charge on any atom is 0.233 e. The van der Waals surface area contributed by atoms with Gasteiger partial charge in [0.25, 0.3) is 0 Å². The fraction of sp³-hybridized carbons (Fsp3) is 0.500. The first-order valence-corrected chi connectivity index (χ1v) is 10.3. The molecular weight excluding hydrogens is 373 g/mol. The summed E-state index contributed by atoms with van der Waals surface area (Å²) in [7, 11) is 0. The zero-order valence-corrected chi connectivity index (χ0v) is 16.6. The number of aryl methyl sites for hydroxylation is 1. The van der Waals surface area contributed by atoms with E-state index in [2.05, 4.69) is 10.5 Å². The van der Waals surface area contributed by atoms with Gasteiger partial charge in [-0.05, 0) is 50.3 Å². The van der Waals surface area contributed by atoms with Crippen molar-refractivity contribution in [2.24, 2.45) is 5.92 Å². The van der Waals surface area contributed by atoms with Crippen molar-refractivity contribution >= 4 is 17.6 Å². The number of anilines is 1. The molecule has 1 aliphatic carbocycles. The highest BCUT2D eigenvalue weighted by atomic mass is 19.1. The van der Waals surface area contributed by atoms with Crippen molar-refractivity contribution in [2.45, 2.75) is 50.9 Å². The number of hydrogen-bond donors (Lipinski definition) is 1. The van der Waals surface area contributed by atoms with E-state index < -0.39 is 5.41 Å². The van der Waals surface area contributed by atoms with Crippen molar-refractivity contribution in [2.75, 3.05) is 18.4 Å². The lowest BCUT2D eigenvalue weighted by Crippen LogP contribution is -2.49. The number of nitrogens with zero attached hydrogens (tertiary/aromatic N) is 2. The van der Waals surface area contributed by atoms with Gasteiger partial charge in [0, 0.05) is 25.1 Å². The molecule has 1 aliphatic heterocycles. The summed E-state index contributed by atoms with van der Waals surface area (Å²) < 4.78 is 18.8. The molecule has 1 aromatic carbocycles. The summed E-state index contributed by atoms with van der Waals surface area (Å²) in [5.41, 5.74) is 0.149. The van der Waals surface area contributed by atoms with E-state index in [4.69, 9.17) is 4.52 Å². The summed E-state index contributed by atoms with van der Waals surface area (Å²) in [5, 5.41) is 6.58. The molecule has 0 spiro atoms. The highest BCUT2D eigenvalue weighted by Crippen LogP contribution is 2.43. The predicted molar refractivity (Wildman–Crippen MR) is 106 cm³/mol. The molecule has 6 nitrogen and oxygen atoms in total. The second-order valence-corrected chi connectivity index (χ2v) is 8.18. The molecule has 29 heavy (non-hydrogen) atoms. The molecular formula is C22H26FN3O3. The molecule has 1 saturated carbocycles. The Balaban J connectivity index is 1.42. The average molecular weight is 399 g/mol. The Bertz CT molecular complexity index is 896. The van der Waals surface area contributed by atoms with Crippen molar-refractivity contribution in [1.82, 2.24) is 10.1 Å². The number of nitrogens with one attached hydrogen (secondary N) is 1.